The number of hydrogen-bond acceptors (Lipinski definition) is 6. The number of halogens is 1. The van der Waals surface area contributed by atoms with Gasteiger partial charge in [-0.25, -0.2) is 4.79 Å². The third-order valence-corrected chi connectivity index (χ3v) is 4.61. The van der Waals surface area contributed by atoms with E-state index >= 15 is 0 Å². The topological polar surface area (TPSA) is 88.8 Å². The molecule has 0 unspecified atom stereocenters. The predicted molar refractivity (Wildman–Crippen MR) is 98.2 cm³/mol. The zero-order chi connectivity index (χ0) is 19.2. The summed E-state index contributed by atoms with van der Waals surface area (Å²) < 4.78 is 10.6. The zero-order valence-corrected chi connectivity index (χ0v) is 15.8. The van der Waals surface area contributed by atoms with Crippen molar-refractivity contribution in [2.45, 2.75) is 19.8 Å². The summed E-state index contributed by atoms with van der Waals surface area (Å²) in [6, 6.07) is 7.21. The highest BCUT2D eigenvalue weighted by Crippen LogP contribution is 2.26. The van der Waals surface area contributed by atoms with Gasteiger partial charge in [0.15, 0.2) is 0 Å². The Morgan fingerprint density at radius 3 is 2.56 bits per heavy atom. The molecule has 2 heterocycles. The number of aromatic nitrogens is 2. The fourth-order valence-corrected chi connectivity index (χ4v) is 3.04. The summed E-state index contributed by atoms with van der Waals surface area (Å²) in [6.07, 6.45) is 0.292. The molecule has 2 aromatic rings. The summed E-state index contributed by atoms with van der Waals surface area (Å²) in [5.74, 6) is 0.727. The molecule has 1 aliphatic heterocycles. The fourth-order valence-electron chi connectivity index (χ4n) is 2.82. The Balaban J connectivity index is 1.49. The number of rotatable bonds is 5. The molecule has 27 heavy (non-hydrogen) atoms. The molecule has 0 bridgehead atoms. The molecule has 2 amide bonds. The van der Waals surface area contributed by atoms with E-state index in [9.17, 15) is 9.59 Å². The summed E-state index contributed by atoms with van der Waals surface area (Å²) in [4.78, 5) is 27.4. The standard InChI is InChI=1S/C18H21ClN4O4/c1-2-26-18(25)23-11-9-22(10-12-23)16(24)8-7-15-20-21-17(27-15)13-5-3-4-6-14(13)19/h3-6H,2,7-12H2,1H3. The summed E-state index contributed by atoms with van der Waals surface area (Å²) >= 11 is 6.13. The number of aryl methyl sites for hydroxylation is 1. The SMILES string of the molecule is CCOC(=O)N1CCN(C(=O)CCc2nnc(-c3ccccc3Cl)o2)CC1. The lowest BCUT2D eigenvalue weighted by Crippen LogP contribution is -2.50. The number of nitrogens with zero attached hydrogens (tertiary/aromatic N) is 4. The molecule has 1 fully saturated rings. The van der Waals surface area contributed by atoms with Crippen LogP contribution < -0.4 is 0 Å². The second kappa shape index (κ2) is 8.85. The van der Waals surface area contributed by atoms with E-state index < -0.39 is 0 Å². The van der Waals surface area contributed by atoms with Crippen LogP contribution in [0.5, 0.6) is 0 Å². The van der Waals surface area contributed by atoms with Crippen LogP contribution in [0.2, 0.25) is 5.02 Å². The van der Waals surface area contributed by atoms with Crippen molar-refractivity contribution in [3.05, 3.63) is 35.2 Å². The van der Waals surface area contributed by atoms with Gasteiger partial charge in [0.2, 0.25) is 17.7 Å². The van der Waals surface area contributed by atoms with Crippen LogP contribution in [-0.2, 0) is 16.0 Å². The van der Waals surface area contributed by atoms with Crippen molar-refractivity contribution < 1.29 is 18.7 Å². The lowest BCUT2D eigenvalue weighted by Gasteiger charge is -2.34. The second-order valence-corrected chi connectivity index (χ2v) is 6.45. The minimum atomic E-state index is -0.331. The van der Waals surface area contributed by atoms with Crippen molar-refractivity contribution in [2.75, 3.05) is 32.8 Å². The van der Waals surface area contributed by atoms with E-state index in [1.54, 1.807) is 28.9 Å². The summed E-state index contributed by atoms with van der Waals surface area (Å²) in [7, 11) is 0. The third-order valence-electron chi connectivity index (χ3n) is 4.28. The average molecular weight is 393 g/mol. The molecule has 9 heteroatoms. The van der Waals surface area contributed by atoms with Gasteiger partial charge in [0, 0.05) is 39.0 Å². The lowest BCUT2D eigenvalue weighted by molar-refractivity contribution is -0.132. The van der Waals surface area contributed by atoms with Crippen LogP contribution in [0, 0.1) is 0 Å². The predicted octanol–water partition coefficient (Wildman–Crippen LogP) is 2.62. The normalized spacial score (nSPS) is 14.3. The number of carbonyl (C=O) groups is 2. The minimum absolute atomic E-state index is 0.00370. The smallest absolute Gasteiger partial charge is 0.409 e. The van der Waals surface area contributed by atoms with Crippen LogP contribution in [0.1, 0.15) is 19.2 Å². The van der Waals surface area contributed by atoms with Gasteiger partial charge in [-0.3, -0.25) is 4.79 Å². The van der Waals surface area contributed by atoms with Crippen LogP contribution >= 0.6 is 11.6 Å². The maximum Gasteiger partial charge on any atom is 0.409 e. The quantitative estimate of drug-likeness (QED) is 0.777. The van der Waals surface area contributed by atoms with Gasteiger partial charge < -0.3 is 19.0 Å². The highest BCUT2D eigenvalue weighted by atomic mass is 35.5. The summed E-state index contributed by atoms with van der Waals surface area (Å²) in [6.45, 7) is 4.05. The van der Waals surface area contributed by atoms with Crippen LogP contribution in [0.3, 0.4) is 0 Å². The van der Waals surface area contributed by atoms with E-state index in [4.69, 9.17) is 20.8 Å². The number of carbonyl (C=O) groups excluding carboxylic acids is 2. The van der Waals surface area contributed by atoms with Crippen molar-refractivity contribution >= 4 is 23.6 Å². The lowest BCUT2D eigenvalue weighted by atomic mass is 10.2. The zero-order valence-electron chi connectivity index (χ0n) is 15.1. The molecule has 0 N–H and O–H groups in total. The minimum Gasteiger partial charge on any atom is -0.450 e. The van der Waals surface area contributed by atoms with Gasteiger partial charge in [0.1, 0.15) is 0 Å². The molecule has 1 aromatic carbocycles. The number of benzene rings is 1. The van der Waals surface area contributed by atoms with Crippen molar-refractivity contribution in [1.82, 2.24) is 20.0 Å². The average Bonchev–Trinajstić information content (AvgIpc) is 3.15. The van der Waals surface area contributed by atoms with E-state index in [0.29, 0.717) is 61.6 Å². The van der Waals surface area contributed by atoms with E-state index in [-0.39, 0.29) is 18.4 Å². The van der Waals surface area contributed by atoms with E-state index in [1.807, 2.05) is 12.1 Å². The van der Waals surface area contributed by atoms with E-state index in [1.165, 1.54) is 0 Å². The second-order valence-electron chi connectivity index (χ2n) is 6.05. The molecule has 0 radical (unpaired) electrons. The van der Waals surface area contributed by atoms with Crippen LogP contribution in [0.4, 0.5) is 4.79 Å². The highest BCUT2D eigenvalue weighted by Gasteiger charge is 2.25. The summed E-state index contributed by atoms with van der Waals surface area (Å²) in [5, 5.41) is 8.52. The maximum absolute atomic E-state index is 12.4. The first-order valence-corrected chi connectivity index (χ1v) is 9.23. The van der Waals surface area contributed by atoms with Gasteiger partial charge in [-0.15, -0.1) is 10.2 Å². The molecule has 1 saturated heterocycles. The van der Waals surface area contributed by atoms with Gasteiger partial charge in [-0.1, -0.05) is 23.7 Å². The van der Waals surface area contributed by atoms with Crippen molar-refractivity contribution in [3.8, 4) is 11.5 Å². The Hall–Kier alpha value is -2.61. The molecule has 8 nitrogen and oxygen atoms in total. The first-order chi connectivity index (χ1) is 13.1. The van der Waals surface area contributed by atoms with Crippen molar-refractivity contribution in [2.24, 2.45) is 0 Å². The van der Waals surface area contributed by atoms with Crippen molar-refractivity contribution in [3.63, 3.8) is 0 Å². The molecule has 0 aliphatic carbocycles. The number of amides is 2. The first kappa shape index (κ1) is 19.2. The summed E-state index contributed by atoms with van der Waals surface area (Å²) in [5.41, 5.74) is 0.666. The molecule has 1 aromatic heterocycles. The Kier molecular flexibility index (Phi) is 6.28. The Bertz CT molecular complexity index is 802. The molecule has 0 spiro atoms. The largest absolute Gasteiger partial charge is 0.450 e. The monoisotopic (exact) mass is 392 g/mol. The van der Waals surface area contributed by atoms with E-state index in [2.05, 4.69) is 10.2 Å². The number of ether oxygens (including phenoxy) is 1. The van der Waals surface area contributed by atoms with E-state index in [0.717, 1.165) is 0 Å². The molecule has 0 atom stereocenters. The molecule has 3 rings (SSSR count). The van der Waals surface area contributed by atoms with Crippen LogP contribution in [-0.4, -0.2) is 64.8 Å². The number of hydrogen-bond donors (Lipinski definition) is 0. The third kappa shape index (κ3) is 4.77. The Morgan fingerprint density at radius 2 is 1.85 bits per heavy atom. The molecule has 1 aliphatic rings. The highest BCUT2D eigenvalue weighted by molar-refractivity contribution is 6.33. The maximum atomic E-state index is 12.4. The van der Waals surface area contributed by atoms with Crippen molar-refractivity contribution in [1.29, 1.82) is 0 Å². The van der Waals surface area contributed by atoms with Gasteiger partial charge in [0.25, 0.3) is 0 Å². The molecule has 144 valence electrons. The van der Waals surface area contributed by atoms with Gasteiger partial charge in [-0.2, -0.15) is 0 Å². The fraction of sp³-hybridized carbons (Fsp3) is 0.444. The first-order valence-electron chi connectivity index (χ1n) is 8.85. The van der Waals surface area contributed by atoms with Crippen LogP contribution in [0.25, 0.3) is 11.5 Å². The van der Waals surface area contributed by atoms with Gasteiger partial charge in [-0.05, 0) is 19.1 Å². The Morgan fingerprint density at radius 1 is 1.15 bits per heavy atom. The van der Waals surface area contributed by atoms with Gasteiger partial charge >= 0.3 is 6.09 Å². The van der Waals surface area contributed by atoms with Gasteiger partial charge in [0.05, 0.1) is 17.2 Å². The Labute approximate surface area is 162 Å². The molecular formula is C18H21ClN4O4. The van der Waals surface area contributed by atoms with Crippen LogP contribution in [0.15, 0.2) is 28.7 Å². The molecule has 0 saturated carbocycles. The molecular weight excluding hydrogens is 372 g/mol. The number of piperazine rings is 1.